The van der Waals surface area contributed by atoms with E-state index in [4.69, 9.17) is 25.2 Å². The second-order valence-electron chi connectivity index (χ2n) is 2.24. The van der Waals surface area contributed by atoms with Gasteiger partial charge in [-0.15, -0.1) is 10.1 Å². The van der Waals surface area contributed by atoms with Gasteiger partial charge in [0.05, 0.1) is 13.7 Å². The zero-order chi connectivity index (χ0) is 11.0. The lowest BCUT2D eigenvalue weighted by Crippen LogP contribution is -1.84. The summed E-state index contributed by atoms with van der Waals surface area (Å²) in [6.07, 6.45) is 0. The van der Waals surface area contributed by atoms with E-state index in [0.717, 1.165) is 11.3 Å². The Hall–Kier alpha value is -1.82. The lowest BCUT2D eigenvalue weighted by Gasteiger charge is -1.98. The number of aliphatic hydroxyl groups excluding tert-OH is 1. The third-order valence-electron chi connectivity index (χ3n) is 1.34. The van der Waals surface area contributed by atoms with Crippen molar-refractivity contribution in [3.05, 3.63) is 39.9 Å². The van der Waals surface area contributed by atoms with E-state index in [0.29, 0.717) is 0 Å². The molecule has 0 fully saturated rings. The zero-order valence-electron chi connectivity index (χ0n) is 7.58. The minimum atomic E-state index is -1.50. The van der Waals surface area contributed by atoms with Crippen LogP contribution in [0.3, 0.4) is 0 Å². The quantitative estimate of drug-likeness (QED) is 0.546. The van der Waals surface area contributed by atoms with Crippen molar-refractivity contribution in [1.29, 1.82) is 0 Å². The molecule has 0 amide bonds. The maximum Gasteiger partial charge on any atom is 0.291 e. The molecule has 2 N–H and O–H groups in total. The van der Waals surface area contributed by atoms with Crippen LogP contribution in [-0.4, -0.2) is 22.5 Å². The molecule has 0 saturated carbocycles. The first-order chi connectivity index (χ1) is 6.60. The fourth-order valence-electron chi connectivity index (χ4n) is 0.731. The normalized spacial score (nSPS) is 8.43. The van der Waals surface area contributed by atoms with Crippen LogP contribution < -0.4 is 4.74 Å². The molecule has 0 unspecified atom stereocenters. The van der Waals surface area contributed by atoms with Crippen LogP contribution in [0.15, 0.2) is 24.3 Å². The first-order valence-corrected chi connectivity index (χ1v) is 3.67. The molecular formula is C8H11NO5. The molecule has 0 aliphatic heterocycles. The SMILES string of the molecule is COc1ccc(CO)cc1.O=[N+]([O-])O. The van der Waals surface area contributed by atoms with Crippen molar-refractivity contribution in [2.75, 3.05) is 7.11 Å². The van der Waals surface area contributed by atoms with Gasteiger partial charge >= 0.3 is 0 Å². The fraction of sp³-hybridized carbons (Fsp3) is 0.250. The van der Waals surface area contributed by atoms with Gasteiger partial charge in [-0.05, 0) is 17.7 Å². The maximum absolute atomic E-state index is 8.66. The molecule has 0 heterocycles. The monoisotopic (exact) mass is 201 g/mol. The van der Waals surface area contributed by atoms with Crippen LogP contribution in [0.5, 0.6) is 5.75 Å². The van der Waals surface area contributed by atoms with E-state index in [1.54, 1.807) is 7.11 Å². The summed E-state index contributed by atoms with van der Waals surface area (Å²) in [5, 5.41) is 22.3. The van der Waals surface area contributed by atoms with E-state index in [9.17, 15) is 0 Å². The van der Waals surface area contributed by atoms with Crippen molar-refractivity contribution in [3.8, 4) is 5.75 Å². The second-order valence-corrected chi connectivity index (χ2v) is 2.24. The van der Waals surface area contributed by atoms with Gasteiger partial charge in [-0.1, -0.05) is 12.1 Å². The average molecular weight is 201 g/mol. The molecule has 1 aromatic rings. The molecule has 6 nitrogen and oxygen atoms in total. The molecule has 0 aromatic heterocycles. The number of hydrogen-bond acceptors (Lipinski definition) is 4. The van der Waals surface area contributed by atoms with Gasteiger partial charge in [-0.25, -0.2) is 0 Å². The predicted molar refractivity (Wildman–Crippen MR) is 47.7 cm³/mol. The number of benzene rings is 1. The first-order valence-electron chi connectivity index (χ1n) is 3.67. The second kappa shape index (κ2) is 6.67. The average Bonchev–Trinajstić information content (AvgIpc) is 2.17. The third kappa shape index (κ3) is 5.78. The van der Waals surface area contributed by atoms with Gasteiger partial charge in [0.2, 0.25) is 0 Å². The van der Waals surface area contributed by atoms with Gasteiger partial charge in [-0.2, -0.15) is 0 Å². The van der Waals surface area contributed by atoms with E-state index >= 15 is 0 Å². The van der Waals surface area contributed by atoms with Gasteiger partial charge in [-0.3, -0.25) is 0 Å². The number of aliphatic hydroxyl groups is 1. The first kappa shape index (κ1) is 12.2. The third-order valence-corrected chi connectivity index (χ3v) is 1.34. The van der Waals surface area contributed by atoms with E-state index in [1.807, 2.05) is 24.3 Å². The number of hydrogen-bond donors (Lipinski definition) is 2. The molecule has 6 heteroatoms. The van der Waals surface area contributed by atoms with Gasteiger partial charge in [0.1, 0.15) is 5.75 Å². The standard InChI is InChI=1S/C8H10O2.HNO3/c1-10-8-4-2-7(6-9)3-5-8;2-1(3)4/h2-5,9H,6H2,1H3;(H,2,3,4). The maximum atomic E-state index is 8.66. The summed E-state index contributed by atoms with van der Waals surface area (Å²) in [6, 6.07) is 7.31. The topological polar surface area (TPSA) is 92.8 Å². The van der Waals surface area contributed by atoms with E-state index in [1.165, 1.54) is 0 Å². The van der Waals surface area contributed by atoms with Crippen molar-refractivity contribution in [3.63, 3.8) is 0 Å². The summed E-state index contributed by atoms with van der Waals surface area (Å²) >= 11 is 0. The van der Waals surface area contributed by atoms with Crippen LogP contribution in [-0.2, 0) is 6.61 Å². The van der Waals surface area contributed by atoms with Gasteiger partial charge < -0.3 is 15.1 Å². The van der Waals surface area contributed by atoms with Crippen molar-refractivity contribution >= 4 is 0 Å². The molecule has 0 spiro atoms. The molecule has 78 valence electrons. The Labute approximate surface area is 80.5 Å². The Morgan fingerprint density at radius 1 is 1.43 bits per heavy atom. The Bertz CT molecular complexity index is 245. The van der Waals surface area contributed by atoms with Crippen LogP contribution >= 0.6 is 0 Å². The smallest absolute Gasteiger partial charge is 0.291 e. The Balaban J connectivity index is 0.000000364. The summed E-state index contributed by atoms with van der Waals surface area (Å²) < 4.78 is 4.93. The highest BCUT2D eigenvalue weighted by molar-refractivity contribution is 5.26. The minimum Gasteiger partial charge on any atom is -0.497 e. The molecule has 0 bridgehead atoms. The lowest BCUT2D eigenvalue weighted by molar-refractivity contribution is -0.742. The van der Waals surface area contributed by atoms with Crippen molar-refractivity contribution in [2.24, 2.45) is 0 Å². The highest BCUT2D eigenvalue weighted by Crippen LogP contribution is 2.10. The highest BCUT2D eigenvalue weighted by Gasteiger charge is 1.89. The van der Waals surface area contributed by atoms with Gasteiger partial charge in [0.25, 0.3) is 5.09 Å². The van der Waals surface area contributed by atoms with Crippen LogP contribution in [0.2, 0.25) is 0 Å². The summed E-state index contributed by atoms with van der Waals surface area (Å²) in [5.41, 5.74) is 0.904. The largest absolute Gasteiger partial charge is 0.497 e. The lowest BCUT2D eigenvalue weighted by atomic mass is 10.2. The summed E-state index contributed by atoms with van der Waals surface area (Å²) in [7, 11) is 1.62. The number of methoxy groups -OCH3 is 1. The van der Waals surface area contributed by atoms with Crippen molar-refractivity contribution in [2.45, 2.75) is 6.61 Å². The summed E-state index contributed by atoms with van der Waals surface area (Å²) in [6.45, 7) is 0.0873. The van der Waals surface area contributed by atoms with E-state index in [-0.39, 0.29) is 6.61 Å². The molecule has 0 atom stereocenters. The van der Waals surface area contributed by atoms with E-state index < -0.39 is 5.09 Å². The number of ether oxygens (including phenoxy) is 1. The summed E-state index contributed by atoms with van der Waals surface area (Å²) in [4.78, 5) is 8.36. The molecule has 0 radical (unpaired) electrons. The minimum absolute atomic E-state index is 0.0873. The molecule has 0 saturated heterocycles. The number of rotatable bonds is 2. The zero-order valence-corrected chi connectivity index (χ0v) is 7.58. The van der Waals surface area contributed by atoms with Crippen LogP contribution in [0.1, 0.15) is 5.56 Å². The fourth-order valence-corrected chi connectivity index (χ4v) is 0.731. The Kier molecular flexibility index (Phi) is 5.80. The Morgan fingerprint density at radius 2 is 1.86 bits per heavy atom. The van der Waals surface area contributed by atoms with Crippen LogP contribution in [0, 0.1) is 10.1 Å². The Morgan fingerprint density at radius 3 is 2.14 bits per heavy atom. The molecule has 1 rings (SSSR count). The highest BCUT2D eigenvalue weighted by atomic mass is 16.9. The molecule has 0 aliphatic rings. The number of nitrogens with zero attached hydrogens (tertiary/aromatic N) is 1. The predicted octanol–water partition coefficient (Wildman–Crippen LogP) is 0.840. The molecule has 0 aliphatic carbocycles. The molecular weight excluding hydrogens is 190 g/mol. The van der Waals surface area contributed by atoms with Crippen molar-refractivity contribution < 1.29 is 20.1 Å². The molecule has 1 aromatic carbocycles. The van der Waals surface area contributed by atoms with Crippen LogP contribution in [0.4, 0.5) is 0 Å². The van der Waals surface area contributed by atoms with Crippen LogP contribution in [0.25, 0.3) is 0 Å². The summed E-state index contributed by atoms with van der Waals surface area (Å²) in [5.74, 6) is 0.817. The van der Waals surface area contributed by atoms with E-state index in [2.05, 4.69) is 0 Å². The van der Waals surface area contributed by atoms with Crippen molar-refractivity contribution in [1.82, 2.24) is 0 Å². The molecule has 14 heavy (non-hydrogen) atoms. The van der Waals surface area contributed by atoms with Gasteiger partial charge in [0.15, 0.2) is 0 Å². The van der Waals surface area contributed by atoms with Gasteiger partial charge in [0, 0.05) is 0 Å².